The highest BCUT2D eigenvalue weighted by molar-refractivity contribution is 5.48. The summed E-state index contributed by atoms with van der Waals surface area (Å²) < 4.78 is 0. The Hall–Kier alpha value is -1.30. The molecule has 11 heavy (non-hydrogen) atoms. The topological polar surface area (TPSA) is 88.2 Å². The van der Waals surface area contributed by atoms with Crippen molar-refractivity contribution in [3.05, 3.63) is 23.4 Å². The maximum atomic E-state index is 10.3. The van der Waals surface area contributed by atoms with Crippen molar-refractivity contribution in [2.75, 3.05) is 0 Å². The van der Waals surface area contributed by atoms with E-state index in [1.54, 1.807) is 0 Å². The van der Waals surface area contributed by atoms with Gasteiger partial charge < -0.3 is 15.4 Å². The molecule has 1 atom stereocenters. The van der Waals surface area contributed by atoms with Crippen molar-refractivity contribution in [3.63, 3.8) is 0 Å². The van der Waals surface area contributed by atoms with Crippen LogP contribution in [0.3, 0.4) is 0 Å². The summed E-state index contributed by atoms with van der Waals surface area (Å²) in [6.07, 6.45) is 0. The van der Waals surface area contributed by atoms with Crippen molar-refractivity contribution in [2.45, 2.75) is 0 Å². The van der Waals surface area contributed by atoms with Crippen LogP contribution in [0.25, 0.3) is 0 Å². The SMILES string of the molecule is [O-][NH+](O)c1cc(O)ccc1O. The molecule has 0 aliphatic rings. The molecule has 1 aromatic rings. The lowest BCUT2D eigenvalue weighted by molar-refractivity contribution is -0.991. The number of hydrogen-bond acceptors (Lipinski definition) is 4. The molecular formula is C6H7NO4. The van der Waals surface area contributed by atoms with E-state index in [9.17, 15) is 5.21 Å². The van der Waals surface area contributed by atoms with Gasteiger partial charge in [0.05, 0.1) is 0 Å². The summed E-state index contributed by atoms with van der Waals surface area (Å²) in [6, 6.07) is 3.32. The van der Waals surface area contributed by atoms with Crippen LogP contribution in [0.1, 0.15) is 0 Å². The Morgan fingerprint density at radius 3 is 2.36 bits per heavy atom. The van der Waals surface area contributed by atoms with Gasteiger partial charge in [-0.15, -0.1) is 0 Å². The molecule has 1 unspecified atom stereocenters. The first kappa shape index (κ1) is 7.80. The van der Waals surface area contributed by atoms with Gasteiger partial charge in [0.1, 0.15) is 5.75 Å². The molecule has 0 amide bonds. The zero-order valence-electron chi connectivity index (χ0n) is 5.48. The van der Waals surface area contributed by atoms with Crippen LogP contribution in [-0.4, -0.2) is 15.4 Å². The Kier molecular flexibility index (Phi) is 1.95. The van der Waals surface area contributed by atoms with Gasteiger partial charge in [-0.3, -0.25) is 0 Å². The van der Waals surface area contributed by atoms with Crippen molar-refractivity contribution in [1.29, 1.82) is 0 Å². The third-order valence-corrected chi connectivity index (χ3v) is 1.21. The van der Waals surface area contributed by atoms with Crippen molar-refractivity contribution in [2.24, 2.45) is 0 Å². The predicted molar refractivity (Wildman–Crippen MR) is 35.5 cm³/mol. The number of benzene rings is 1. The van der Waals surface area contributed by atoms with Gasteiger partial charge in [-0.05, 0) is 12.1 Å². The fraction of sp³-hybridized carbons (Fsp3) is 0. The molecule has 0 radical (unpaired) electrons. The van der Waals surface area contributed by atoms with Gasteiger partial charge in [0.25, 0.3) is 0 Å². The first-order chi connectivity index (χ1) is 5.11. The lowest BCUT2D eigenvalue weighted by atomic mass is 10.3. The summed E-state index contributed by atoms with van der Waals surface area (Å²) in [5.41, 5.74) is -0.301. The van der Waals surface area contributed by atoms with Gasteiger partial charge in [0.2, 0.25) is 5.69 Å². The van der Waals surface area contributed by atoms with Gasteiger partial charge in [0.15, 0.2) is 5.75 Å². The molecule has 1 rings (SSSR count). The van der Waals surface area contributed by atoms with Gasteiger partial charge in [-0.25, -0.2) is 5.21 Å². The Balaban J connectivity index is 3.13. The van der Waals surface area contributed by atoms with E-state index in [2.05, 4.69) is 0 Å². The van der Waals surface area contributed by atoms with E-state index in [0.717, 1.165) is 12.1 Å². The molecule has 0 aliphatic heterocycles. The third-order valence-electron chi connectivity index (χ3n) is 1.21. The second-order valence-electron chi connectivity index (χ2n) is 2.01. The van der Waals surface area contributed by atoms with Crippen molar-refractivity contribution < 1.29 is 20.6 Å². The van der Waals surface area contributed by atoms with E-state index >= 15 is 0 Å². The van der Waals surface area contributed by atoms with E-state index in [1.165, 1.54) is 6.07 Å². The Bertz CT molecular complexity index is 261. The van der Waals surface area contributed by atoms with Crippen LogP contribution in [0.4, 0.5) is 5.69 Å². The molecule has 1 aromatic carbocycles. The van der Waals surface area contributed by atoms with E-state index in [0.29, 0.717) is 0 Å². The molecule has 0 bridgehead atoms. The fourth-order valence-electron chi connectivity index (χ4n) is 0.695. The molecule has 0 heterocycles. The lowest BCUT2D eigenvalue weighted by Crippen LogP contribution is -2.99. The van der Waals surface area contributed by atoms with E-state index in [4.69, 9.17) is 15.4 Å². The monoisotopic (exact) mass is 157 g/mol. The number of hydrogen-bond donors (Lipinski definition) is 4. The molecule has 4 N–H and O–H groups in total. The number of rotatable bonds is 1. The number of aromatic hydroxyl groups is 2. The zero-order chi connectivity index (χ0) is 8.43. The summed E-state index contributed by atoms with van der Waals surface area (Å²) in [6.45, 7) is 0. The second kappa shape index (κ2) is 2.75. The lowest BCUT2D eigenvalue weighted by Gasteiger charge is -2.12. The number of nitrogens with one attached hydrogen (secondary N) is 1. The molecule has 0 fully saturated rings. The van der Waals surface area contributed by atoms with Crippen LogP contribution in [-0.2, 0) is 0 Å². The maximum absolute atomic E-state index is 10.3. The molecule has 0 aliphatic carbocycles. The fourth-order valence-corrected chi connectivity index (χ4v) is 0.695. The molecule has 0 saturated carbocycles. The van der Waals surface area contributed by atoms with Crippen LogP contribution >= 0.6 is 0 Å². The quantitative estimate of drug-likeness (QED) is 0.251. The molecule has 5 heteroatoms. The summed E-state index contributed by atoms with van der Waals surface area (Å²) in [4.78, 5) is 0. The second-order valence-corrected chi connectivity index (χ2v) is 2.01. The van der Waals surface area contributed by atoms with E-state index < -0.39 is 5.23 Å². The van der Waals surface area contributed by atoms with Crippen molar-refractivity contribution in [3.8, 4) is 11.5 Å². The van der Waals surface area contributed by atoms with Crippen molar-refractivity contribution >= 4 is 5.69 Å². The number of phenolic OH excluding ortho intramolecular Hbond substituents is 2. The van der Waals surface area contributed by atoms with Gasteiger partial charge >= 0.3 is 0 Å². The van der Waals surface area contributed by atoms with E-state index in [1.807, 2.05) is 0 Å². The Morgan fingerprint density at radius 1 is 1.27 bits per heavy atom. The predicted octanol–water partition coefficient (Wildman–Crippen LogP) is -0.499. The van der Waals surface area contributed by atoms with Crippen LogP contribution in [0, 0.1) is 5.21 Å². The van der Waals surface area contributed by atoms with Gasteiger partial charge in [-0.2, -0.15) is 5.23 Å². The molecular weight excluding hydrogens is 150 g/mol. The third kappa shape index (κ3) is 1.58. The van der Waals surface area contributed by atoms with Gasteiger partial charge in [-0.1, -0.05) is 0 Å². The minimum absolute atomic E-state index is 0.180. The number of phenols is 2. The zero-order valence-corrected chi connectivity index (χ0v) is 5.48. The highest BCUT2D eigenvalue weighted by Gasteiger charge is 2.07. The molecule has 0 saturated heterocycles. The highest BCUT2D eigenvalue weighted by atomic mass is 16.8. The molecule has 0 aromatic heterocycles. The van der Waals surface area contributed by atoms with Crippen LogP contribution < -0.4 is 5.23 Å². The first-order valence-electron chi connectivity index (χ1n) is 2.86. The largest absolute Gasteiger partial charge is 0.595 e. The molecule has 60 valence electrons. The molecule has 0 spiro atoms. The van der Waals surface area contributed by atoms with Gasteiger partial charge in [0, 0.05) is 6.07 Å². The minimum Gasteiger partial charge on any atom is -0.595 e. The summed E-state index contributed by atoms with van der Waals surface area (Å²) >= 11 is 0. The first-order valence-corrected chi connectivity index (χ1v) is 2.86. The van der Waals surface area contributed by atoms with Crippen LogP contribution in [0.15, 0.2) is 18.2 Å². The summed E-state index contributed by atoms with van der Waals surface area (Å²) in [5, 5.41) is 35.2. The highest BCUT2D eigenvalue weighted by Crippen LogP contribution is 2.23. The van der Waals surface area contributed by atoms with Crippen LogP contribution in [0.5, 0.6) is 11.5 Å². The standard InChI is InChI=1S/C6H7NO4/c8-4-1-2-6(9)5(3-4)7(10)11/h1-3,7-10H. The Labute approximate surface area is 62.3 Å². The summed E-state index contributed by atoms with van der Waals surface area (Å²) in [5.74, 6) is -0.532. The minimum atomic E-state index is -1.27. The Morgan fingerprint density at radius 2 is 1.91 bits per heavy atom. The van der Waals surface area contributed by atoms with Crippen LogP contribution in [0.2, 0.25) is 0 Å². The smallest absolute Gasteiger partial charge is 0.209 e. The maximum Gasteiger partial charge on any atom is 0.209 e. The number of quaternary nitrogens is 1. The average molecular weight is 157 g/mol. The normalized spacial score (nSPS) is 12.9. The molecule has 5 nitrogen and oxygen atoms in total. The van der Waals surface area contributed by atoms with Crippen molar-refractivity contribution in [1.82, 2.24) is 0 Å². The average Bonchev–Trinajstić information content (AvgIpc) is 1.94. The van der Waals surface area contributed by atoms with E-state index in [-0.39, 0.29) is 17.2 Å². The summed E-state index contributed by atoms with van der Waals surface area (Å²) in [7, 11) is 0.